The zero-order valence-electron chi connectivity index (χ0n) is 14.0. The van der Waals surface area contributed by atoms with Gasteiger partial charge in [-0.1, -0.05) is 6.08 Å². The number of anilines is 4. The Hall–Kier alpha value is -2.63. The first-order valence-corrected chi connectivity index (χ1v) is 7.85. The number of benzene rings is 1. The number of hydrogen-bond acceptors (Lipinski definition) is 6. The fourth-order valence-electron chi connectivity index (χ4n) is 2.31. The first-order valence-electron chi connectivity index (χ1n) is 7.85. The van der Waals surface area contributed by atoms with Crippen molar-refractivity contribution < 1.29 is 0 Å². The zero-order valence-corrected chi connectivity index (χ0v) is 14.0. The first-order chi connectivity index (χ1) is 11.2. The number of aromatic nitrogens is 3. The lowest BCUT2D eigenvalue weighted by molar-refractivity contribution is 0.866. The monoisotopic (exact) mass is 312 g/mol. The minimum atomic E-state index is 0.479. The van der Waals surface area contributed by atoms with Crippen LogP contribution in [0.15, 0.2) is 37.1 Å². The summed E-state index contributed by atoms with van der Waals surface area (Å²) in [5.41, 5.74) is 3.40. The second-order valence-electron chi connectivity index (χ2n) is 5.13. The van der Waals surface area contributed by atoms with E-state index in [1.54, 1.807) is 12.3 Å². The lowest BCUT2D eigenvalue weighted by Crippen LogP contribution is -2.21. The van der Waals surface area contributed by atoms with Gasteiger partial charge in [-0.3, -0.25) is 0 Å². The van der Waals surface area contributed by atoms with Crippen molar-refractivity contribution in [1.82, 2.24) is 15.2 Å². The summed E-state index contributed by atoms with van der Waals surface area (Å²) < 4.78 is 0. The molecule has 6 nitrogen and oxygen atoms in total. The SMILES string of the molecule is C=CCNc1nncc(Nc2ccc(N(CC)CC)cc2C)n1. The van der Waals surface area contributed by atoms with E-state index in [1.807, 2.05) is 0 Å². The summed E-state index contributed by atoms with van der Waals surface area (Å²) in [6.07, 6.45) is 3.36. The quantitative estimate of drug-likeness (QED) is 0.729. The van der Waals surface area contributed by atoms with E-state index in [9.17, 15) is 0 Å². The Balaban J connectivity index is 2.15. The molecule has 0 bridgehead atoms. The predicted molar refractivity (Wildman–Crippen MR) is 96.5 cm³/mol. The number of hydrogen-bond donors (Lipinski definition) is 2. The molecule has 23 heavy (non-hydrogen) atoms. The molecule has 2 rings (SSSR count). The molecule has 0 aliphatic heterocycles. The van der Waals surface area contributed by atoms with Gasteiger partial charge in [-0.2, -0.15) is 10.1 Å². The lowest BCUT2D eigenvalue weighted by atomic mass is 10.1. The van der Waals surface area contributed by atoms with Crippen molar-refractivity contribution in [3.05, 3.63) is 42.6 Å². The van der Waals surface area contributed by atoms with E-state index in [0.29, 0.717) is 18.3 Å². The maximum Gasteiger partial charge on any atom is 0.244 e. The molecule has 0 spiro atoms. The van der Waals surface area contributed by atoms with Crippen LogP contribution in [0.2, 0.25) is 0 Å². The summed E-state index contributed by atoms with van der Waals surface area (Å²) >= 11 is 0. The number of aryl methyl sites for hydroxylation is 1. The third kappa shape index (κ3) is 4.42. The van der Waals surface area contributed by atoms with Crippen LogP contribution in [0.25, 0.3) is 0 Å². The standard InChI is InChI=1S/C17H24N6/c1-5-10-18-17-21-16(12-19-22-17)20-15-9-8-14(11-13(15)4)23(6-2)7-3/h5,8-9,11-12H,1,6-7,10H2,2-4H3,(H2,18,20,21,22). The molecule has 0 atom stereocenters. The fourth-order valence-corrected chi connectivity index (χ4v) is 2.31. The minimum absolute atomic E-state index is 0.479. The van der Waals surface area contributed by atoms with Gasteiger partial charge in [0.05, 0.1) is 6.20 Å². The second-order valence-corrected chi connectivity index (χ2v) is 5.13. The van der Waals surface area contributed by atoms with E-state index in [2.05, 4.69) is 76.3 Å². The topological polar surface area (TPSA) is 66.0 Å². The van der Waals surface area contributed by atoms with Gasteiger partial charge in [0.1, 0.15) is 0 Å². The molecule has 0 saturated heterocycles. The highest BCUT2D eigenvalue weighted by molar-refractivity contribution is 5.65. The molecule has 1 aromatic heterocycles. The van der Waals surface area contributed by atoms with Crippen molar-refractivity contribution >= 4 is 23.1 Å². The van der Waals surface area contributed by atoms with Gasteiger partial charge in [-0.25, -0.2) is 0 Å². The third-order valence-corrected chi connectivity index (χ3v) is 3.56. The average Bonchev–Trinajstić information content (AvgIpc) is 2.57. The molecule has 2 aromatic rings. The summed E-state index contributed by atoms with van der Waals surface area (Å²) in [5, 5.41) is 14.2. The van der Waals surface area contributed by atoms with Gasteiger partial charge < -0.3 is 15.5 Å². The molecule has 0 aliphatic rings. The van der Waals surface area contributed by atoms with Crippen LogP contribution in [0.4, 0.5) is 23.1 Å². The van der Waals surface area contributed by atoms with Crippen molar-refractivity contribution in [2.24, 2.45) is 0 Å². The predicted octanol–water partition coefficient (Wildman–Crippen LogP) is 3.37. The van der Waals surface area contributed by atoms with E-state index >= 15 is 0 Å². The highest BCUT2D eigenvalue weighted by Gasteiger charge is 2.06. The van der Waals surface area contributed by atoms with Crippen LogP contribution < -0.4 is 15.5 Å². The Kier molecular flexibility index (Phi) is 5.91. The summed E-state index contributed by atoms with van der Waals surface area (Å²) in [5.74, 6) is 1.14. The van der Waals surface area contributed by atoms with Crippen LogP contribution in [0.1, 0.15) is 19.4 Å². The molecule has 122 valence electrons. The van der Waals surface area contributed by atoms with Crippen LogP contribution in [0.5, 0.6) is 0 Å². The highest BCUT2D eigenvalue weighted by Crippen LogP contribution is 2.24. The summed E-state index contributed by atoms with van der Waals surface area (Å²) in [6.45, 7) is 12.7. The van der Waals surface area contributed by atoms with Gasteiger partial charge in [-0.05, 0) is 44.5 Å². The van der Waals surface area contributed by atoms with Crippen molar-refractivity contribution in [3.63, 3.8) is 0 Å². The zero-order chi connectivity index (χ0) is 16.7. The average molecular weight is 312 g/mol. The normalized spacial score (nSPS) is 10.2. The van der Waals surface area contributed by atoms with E-state index in [4.69, 9.17) is 0 Å². The maximum absolute atomic E-state index is 4.38. The van der Waals surface area contributed by atoms with Gasteiger partial charge in [-0.15, -0.1) is 11.7 Å². The van der Waals surface area contributed by atoms with E-state index < -0.39 is 0 Å². The Labute approximate surface area is 137 Å². The Bertz CT molecular complexity index is 651. The molecule has 0 aliphatic carbocycles. The largest absolute Gasteiger partial charge is 0.372 e. The van der Waals surface area contributed by atoms with Crippen molar-refractivity contribution in [3.8, 4) is 0 Å². The van der Waals surface area contributed by atoms with Gasteiger partial charge in [0.2, 0.25) is 5.95 Å². The minimum Gasteiger partial charge on any atom is -0.372 e. The van der Waals surface area contributed by atoms with Gasteiger partial charge >= 0.3 is 0 Å². The molecular weight excluding hydrogens is 288 g/mol. The summed E-state index contributed by atoms with van der Waals surface area (Å²) in [4.78, 5) is 6.70. The van der Waals surface area contributed by atoms with Crippen LogP contribution in [-0.2, 0) is 0 Å². The number of nitrogens with one attached hydrogen (secondary N) is 2. The van der Waals surface area contributed by atoms with Crippen molar-refractivity contribution in [2.45, 2.75) is 20.8 Å². The van der Waals surface area contributed by atoms with Crippen LogP contribution in [0.3, 0.4) is 0 Å². The van der Waals surface area contributed by atoms with E-state index in [-0.39, 0.29) is 0 Å². The number of nitrogens with zero attached hydrogens (tertiary/aromatic N) is 4. The molecular formula is C17H24N6. The van der Waals surface area contributed by atoms with Crippen LogP contribution >= 0.6 is 0 Å². The Morgan fingerprint density at radius 1 is 1.26 bits per heavy atom. The van der Waals surface area contributed by atoms with E-state index in [0.717, 1.165) is 24.3 Å². The summed E-state index contributed by atoms with van der Waals surface area (Å²) in [6, 6.07) is 6.37. The molecule has 6 heteroatoms. The lowest BCUT2D eigenvalue weighted by Gasteiger charge is -2.22. The van der Waals surface area contributed by atoms with Gasteiger partial charge in [0, 0.05) is 31.0 Å². The third-order valence-electron chi connectivity index (χ3n) is 3.56. The fraction of sp³-hybridized carbons (Fsp3) is 0.353. The molecule has 1 heterocycles. The van der Waals surface area contributed by atoms with Crippen LogP contribution in [0, 0.1) is 6.92 Å². The summed E-state index contributed by atoms with van der Waals surface area (Å²) in [7, 11) is 0. The number of rotatable bonds is 8. The molecule has 0 amide bonds. The molecule has 0 radical (unpaired) electrons. The first kappa shape index (κ1) is 16.7. The highest BCUT2D eigenvalue weighted by atomic mass is 15.3. The van der Waals surface area contributed by atoms with Crippen LogP contribution in [-0.4, -0.2) is 34.8 Å². The molecule has 0 fully saturated rings. The van der Waals surface area contributed by atoms with E-state index in [1.165, 1.54) is 5.69 Å². The van der Waals surface area contributed by atoms with Gasteiger partial charge in [0.25, 0.3) is 0 Å². The molecule has 1 aromatic carbocycles. The molecule has 0 saturated carbocycles. The van der Waals surface area contributed by atoms with Crippen molar-refractivity contribution in [2.75, 3.05) is 35.2 Å². The smallest absolute Gasteiger partial charge is 0.244 e. The molecule has 0 unspecified atom stereocenters. The molecule has 2 N–H and O–H groups in total. The maximum atomic E-state index is 4.38. The van der Waals surface area contributed by atoms with Crippen molar-refractivity contribution in [1.29, 1.82) is 0 Å². The Morgan fingerprint density at radius 2 is 2.04 bits per heavy atom. The Morgan fingerprint density at radius 3 is 2.70 bits per heavy atom. The second kappa shape index (κ2) is 8.12. The van der Waals surface area contributed by atoms with Gasteiger partial charge in [0.15, 0.2) is 5.82 Å².